The van der Waals surface area contributed by atoms with Crippen LogP contribution in [0.15, 0.2) is 46.9 Å². The van der Waals surface area contributed by atoms with E-state index in [0.29, 0.717) is 47.5 Å². The van der Waals surface area contributed by atoms with Crippen molar-refractivity contribution in [1.82, 2.24) is 15.1 Å². The van der Waals surface area contributed by atoms with Gasteiger partial charge in [-0.25, -0.2) is 9.18 Å². The Balaban J connectivity index is 1.78. The smallest absolute Gasteiger partial charge is 0.411 e. The number of nitrogens with zero attached hydrogens (tertiary/aromatic N) is 2. The molecule has 1 unspecified atom stereocenters. The Bertz CT molecular complexity index is 1130. The number of halogens is 2. The summed E-state index contributed by atoms with van der Waals surface area (Å²) in [6.45, 7) is 7.21. The number of ether oxygens (including phenoxy) is 2. The molecule has 1 aliphatic heterocycles. The standard InChI is InChI=1S/C27H31BrFN3O4/c1-6-20-16-31(13-14-32(20)26(34)36-27(2,3)4)17-24(19-9-12-22(28)23(29)15-19)35-21-10-7-18(8-11-21)25(33)30-5/h1,7-12,15,20,24H,13-14,16-17H2,2-5H3,(H,30,33)/t20-,24?/m1/s1. The highest BCUT2D eigenvalue weighted by atomic mass is 79.9. The lowest BCUT2D eigenvalue weighted by Crippen LogP contribution is -2.56. The van der Waals surface area contributed by atoms with Crippen LogP contribution in [0.25, 0.3) is 0 Å². The SMILES string of the molecule is C#C[C@@H]1CN(CC(Oc2ccc(C(=O)NC)cc2)c2ccc(Br)c(F)c2)CCN1C(=O)OC(C)(C)C. The second-order valence-corrected chi connectivity index (χ2v) is 10.4. The summed E-state index contributed by atoms with van der Waals surface area (Å²) in [6.07, 6.45) is 4.80. The van der Waals surface area contributed by atoms with E-state index in [0.717, 1.165) is 0 Å². The summed E-state index contributed by atoms with van der Waals surface area (Å²) in [5.41, 5.74) is 0.537. The van der Waals surface area contributed by atoms with Gasteiger partial charge in [0, 0.05) is 38.8 Å². The normalized spacial score (nSPS) is 17.1. The lowest BCUT2D eigenvalue weighted by Gasteiger charge is -2.40. The third-order valence-corrected chi connectivity index (χ3v) is 6.29. The summed E-state index contributed by atoms with van der Waals surface area (Å²) in [5.74, 6) is 2.64. The second kappa shape index (κ2) is 11.8. The number of hydrogen-bond donors (Lipinski definition) is 1. The van der Waals surface area contributed by atoms with E-state index in [1.807, 2.05) is 20.8 Å². The fraction of sp³-hybridized carbons (Fsp3) is 0.407. The Morgan fingerprint density at radius 2 is 1.92 bits per heavy atom. The number of hydrogen-bond acceptors (Lipinski definition) is 5. The first-order chi connectivity index (χ1) is 17.0. The van der Waals surface area contributed by atoms with Crippen LogP contribution in [0.4, 0.5) is 9.18 Å². The Morgan fingerprint density at radius 1 is 1.22 bits per heavy atom. The highest BCUT2D eigenvalue weighted by molar-refractivity contribution is 9.10. The van der Waals surface area contributed by atoms with Crippen LogP contribution < -0.4 is 10.1 Å². The van der Waals surface area contributed by atoms with E-state index in [4.69, 9.17) is 15.9 Å². The van der Waals surface area contributed by atoms with Crippen LogP contribution in [-0.2, 0) is 4.74 Å². The third-order valence-electron chi connectivity index (χ3n) is 5.65. The average Bonchev–Trinajstić information content (AvgIpc) is 2.84. The molecule has 2 atom stereocenters. The van der Waals surface area contributed by atoms with Crippen LogP contribution in [0.5, 0.6) is 5.75 Å². The number of carbonyl (C=O) groups is 2. The van der Waals surface area contributed by atoms with Gasteiger partial charge in [-0.2, -0.15) is 0 Å². The van der Waals surface area contributed by atoms with Crippen LogP contribution in [0.2, 0.25) is 0 Å². The molecule has 0 spiro atoms. The number of amides is 2. The first-order valence-corrected chi connectivity index (χ1v) is 12.4. The largest absolute Gasteiger partial charge is 0.484 e. The number of piperazine rings is 1. The highest BCUT2D eigenvalue weighted by Crippen LogP contribution is 2.28. The van der Waals surface area contributed by atoms with Crippen molar-refractivity contribution >= 4 is 27.9 Å². The summed E-state index contributed by atoms with van der Waals surface area (Å²) < 4.78 is 26.5. The van der Waals surface area contributed by atoms with E-state index in [1.54, 1.807) is 48.3 Å². The molecule has 36 heavy (non-hydrogen) atoms. The van der Waals surface area contributed by atoms with E-state index in [9.17, 15) is 14.0 Å². The van der Waals surface area contributed by atoms with Crippen molar-refractivity contribution in [2.24, 2.45) is 0 Å². The van der Waals surface area contributed by atoms with Gasteiger partial charge in [-0.05, 0) is 78.7 Å². The minimum Gasteiger partial charge on any atom is -0.484 e. The van der Waals surface area contributed by atoms with E-state index < -0.39 is 29.7 Å². The number of rotatable bonds is 6. The molecule has 1 N–H and O–H groups in total. The fourth-order valence-corrected chi connectivity index (χ4v) is 4.08. The Morgan fingerprint density at radius 3 is 2.50 bits per heavy atom. The maximum atomic E-state index is 14.4. The van der Waals surface area contributed by atoms with Crippen LogP contribution in [0, 0.1) is 18.2 Å². The third kappa shape index (κ3) is 7.21. The molecule has 0 aliphatic carbocycles. The summed E-state index contributed by atoms with van der Waals surface area (Å²) >= 11 is 3.19. The molecule has 0 bridgehead atoms. The average molecular weight is 560 g/mol. The van der Waals surface area contributed by atoms with Crippen molar-refractivity contribution in [3.63, 3.8) is 0 Å². The van der Waals surface area contributed by atoms with Gasteiger partial charge in [0.15, 0.2) is 0 Å². The van der Waals surface area contributed by atoms with Crippen LogP contribution in [-0.4, -0.2) is 66.7 Å². The van der Waals surface area contributed by atoms with Gasteiger partial charge in [-0.1, -0.05) is 12.0 Å². The van der Waals surface area contributed by atoms with Gasteiger partial charge in [0.2, 0.25) is 0 Å². The topological polar surface area (TPSA) is 71.1 Å². The summed E-state index contributed by atoms with van der Waals surface area (Å²) in [5, 5.41) is 2.58. The summed E-state index contributed by atoms with van der Waals surface area (Å²) in [4.78, 5) is 28.1. The fourth-order valence-electron chi connectivity index (χ4n) is 3.84. The lowest BCUT2D eigenvalue weighted by molar-refractivity contribution is 0.00255. The zero-order chi connectivity index (χ0) is 26.5. The van der Waals surface area contributed by atoms with E-state index in [-0.39, 0.29) is 5.91 Å². The molecule has 9 heteroatoms. The molecule has 1 heterocycles. The van der Waals surface area contributed by atoms with Crippen molar-refractivity contribution in [2.75, 3.05) is 33.2 Å². The molecule has 0 saturated carbocycles. The first-order valence-electron chi connectivity index (χ1n) is 11.6. The molecule has 1 saturated heterocycles. The molecule has 1 aliphatic rings. The molecule has 1 fully saturated rings. The minimum absolute atomic E-state index is 0.198. The monoisotopic (exact) mass is 559 g/mol. The molecule has 3 rings (SSSR count). The molecule has 7 nitrogen and oxygen atoms in total. The lowest BCUT2D eigenvalue weighted by atomic mass is 10.1. The summed E-state index contributed by atoms with van der Waals surface area (Å²) in [7, 11) is 1.57. The minimum atomic E-state index is -0.620. The van der Waals surface area contributed by atoms with Crippen molar-refractivity contribution in [3.8, 4) is 18.1 Å². The second-order valence-electron chi connectivity index (χ2n) is 9.50. The first kappa shape index (κ1) is 27.5. The number of carbonyl (C=O) groups excluding carboxylic acids is 2. The number of nitrogens with one attached hydrogen (secondary N) is 1. The molecular weight excluding hydrogens is 529 g/mol. The van der Waals surface area contributed by atoms with Crippen molar-refractivity contribution in [3.05, 3.63) is 63.9 Å². The van der Waals surface area contributed by atoms with Gasteiger partial charge in [0.05, 0.1) is 4.47 Å². The van der Waals surface area contributed by atoms with Gasteiger partial charge in [-0.15, -0.1) is 6.42 Å². The van der Waals surface area contributed by atoms with Crippen molar-refractivity contribution < 1.29 is 23.5 Å². The van der Waals surface area contributed by atoms with E-state index >= 15 is 0 Å². The van der Waals surface area contributed by atoms with E-state index in [2.05, 4.69) is 32.1 Å². The molecule has 2 aromatic carbocycles. The molecule has 192 valence electrons. The Kier molecular flexibility index (Phi) is 8.98. The molecule has 0 aromatic heterocycles. The van der Waals surface area contributed by atoms with Crippen molar-refractivity contribution in [2.45, 2.75) is 38.5 Å². The predicted molar refractivity (Wildman–Crippen MR) is 139 cm³/mol. The maximum absolute atomic E-state index is 14.4. The zero-order valence-corrected chi connectivity index (χ0v) is 22.5. The van der Waals surface area contributed by atoms with Gasteiger partial charge in [0.25, 0.3) is 5.91 Å². The molecule has 2 amide bonds. The van der Waals surface area contributed by atoms with Crippen LogP contribution >= 0.6 is 15.9 Å². The molecule has 0 radical (unpaired) electrons. The van der Waals surface area contributed by atoms with Gasteiger partial charge in [-0.3, -0.25) is 14.6 Å². The highest BCUT2D eigenvalue weighted by Gasteiger charge is 2.33. The zero-order valence-electron chi connectivity index (χ0n) is 20.9. The Hall–Kier alpha value is -3.09. The quantitative estimate of drug-likeness (QED) is 0.523. The van der Waals surface area contributed by atoms with Crippen LogP contribution in [0.3, 0.4) is 0 Å². The van der Waals surface area contributed by atoms with Gasteiger partial charge in [0.1, 0.15) is 29.3 Å². The molecular formula is C27H31BrFN3O4. The predicted octanol–water partition coefficient (Wildman–Crippen LogP) is 4.62. The van der Waals surface area contributed by atoms with E-state index in [1.165, 1.54) is 6.07 Å². The van der Waals surface area contributed by atoms with Crippen LogP contribution in [0.1, 0.15) is 42.8 Å². The number of terminal acetylenes is 1. The Labute approximate surface area is 220 Å². The number of benzene rings is 2. The van der Waals surface area contributed by atoms with Gasteiger partial charge >= 0.3 is 6.09 Å². The van der Waals surface area contributed by atoms with Gasteiger partial charge < -0.3 is 14.8 Å². The maximum Gasteiger partial charge on any atom is 0.411 e. The summed E-state index contributed by atoms with van der Waals surface area (Å²) in [6, 6.07) is 11.1. The van der Waals surface area contributed by atoms with Crippen molar-refractivity contribution in [1.29, 1.82) is 0 Å². The molecule has 2 aromatic rings.